The smallest absolute Gasteiger partial charge is 0.164 e. The normalized spacial score (nSPS) is 11.5. The van der Waals surface area contributed by atoms with Gasteiger partial charge in [-0.1, -0.05) is 12.8 Å². The van der Waals surface area contributed by atoms with E-state index in [4.69, 9.17) is 20.6 Å². The number of hydrogen-bond acceptors (Lipinski definition) is 4. The van der Waals surface area contributed by atoms with Crippen molar-refractivity contribution in [2.75, 3.05) is 27.9 Å². The molecule has 0 saturated heterocycles. The number of methoxy groups -OCH3 is 3. The molecule has 1 rings (SSSR count). The molecular formula is C14H19NO3. The first-order valence-electron chi connectivity index (χ1n) is 5.71. The zero-order chi connectivity index (χ0) is 13.5. The minimum absolute atomic E-state index is 0.218. The number of benzene rings is 1. The van der Waals surface area contributed by atoms with Crippen molar-refractivity contribution in [3.63, 3.8) is 0 Å². The average Bonchev–Trinajstić information content (AvgIpc) is 2.43. The molecule has 0 spiro atoms. The Bertz CT molecular complexity index is 437. The third kappa shape index (κ3) is 2.88. The van der Waals surface area contributed by atoms with E-state index in [1.807, 2.05) is 13.0 Å². The molecule has 4 nitrogen and oxygen atoms in total. The van der Waals surface area contributed by atoms with Gasteiger partial charge in [0.25, 0.3) is 0 Å². The highest BCUT2D eigenvalue weighted by atomic mass is 16.5. The number of rotatable bonds is 6. The fourth-order valence-electron chi connectivity index (χ4n) is 1.74. The van der Waals surface area contributed by atoms with Crippen molar-refractivity contribution in [3.05, 3.63) is 17.7 Å². The second-order valence-electron chi connectivity index (χ2n) is 3.61. The van der Waals surface area contributed by atoms with Crippen LogP contribution < -0.4 is 19.5 Å². The fourth-order valence-corrected chi connectivity index (χ4v) is 1.74. The van der Waals surface area contributed by atoms with E-state index in [-0.39, 0.29) is 6.04 Å². The fraction of sp³-hybridized carbons (Fsp3) is 0.429. The van der Waals surface area contributed by atoms with Crippen molar-refractivity contribution < 1.29 is 14.2 Å². The van der Waals surface area contributed by atoms with Crippen molar-refractivity contribution in [1.82, 2.24) is 5.32 Å². The molecule has 18 heavy (non-hydrogen) atoms. The summed E-state index contributed by atoms with van der Waals surface area (Å²) in [6, 6.07) is 3.39. The van der Waals surface area contributed by atoms with E-state index in [9.17, 15) is 0 Å². The van der Waals surface area contributed by atoms with E-state index >= 15 is 0 Å². The number of nitrogens with one attached hydrogen (secondary N) is 1. The Morgan fingerprint density at radius 3 is 2.11 bits per heavy atom. The Kier molecular flexibility index (Phi) is 5.34. The first kappa shape index (κ1) is 14.2. The van der Waals surface area contributed by atoms with Crippen LogP contribution in [0.3, 0.4) is 0 Å². The van der Waals surface area contributed by atoms with Gasteiger partial charge in [0.2, 0.25) is 0 Å². The van der Waals surface area contributed by atoms with E-state index in [0.29, 0.717) is 17.2 Å². The SMILES string of the molecule is C#CC(NCC)c1cc(OC)c(OC)cc1OC. The van der Waals surface area contributed by atoms with Gasteiger partial charge in [0.05, 0.1) is 27.4 Å². The molecule has 0 aliphatic rings. The van der Waals surface area contributed by atoms with Crippen molar-refractivity contribution in [2.24, 2.45) is 0 Å². The Labute approximate surface area is 108 Å². The van der Waals surface area contributed by atoms with Crippen LogP contribution in [0.5, 0.6) is 17.2 Å². The van der Waals surface area contributed by atoms with Gasteiger partial charge >= 0.3 is 0 Å². The van der Waals surface area contributed by atoms with Gasteiger partial charge in [0.1, 0.15) is 5.75 Å². The van der Waals surface area contributed by atoms with E-state index in [1.165, 1.54) is 0 Å². The van der Waals surface area contributed by atoms with Gasteiger partial charge in [0.15, 0.2) is 11.5 Å². The Morgan fingerprint density at radius 1 is 1.11 bits per heavy atom. The third-order valence-electron chi connectivity index (χ3n) is 2.62. The van der Waals surface area contributed by atoms with Crippen LogP contribution in [0.4, 0.5) is 0 Å². The third-order valence-corrected chi connectivity index (χ3v) is 2.62. The van der Waals surface area contributed by atoms with Gasteiger partial charge in [-0.25, -0.2) is 0 Å². The van der Waals surface area contributed by atoms with Crippen LogP contribution in [0.25, 0.3) is 0 Å². The summed E-state index contributed by atoms with van der Waals surface area (Å²) in [5.74, 6) is 4.62. The highest BCUT2D eigenvalue weighted by Gasteiger charge is 2.17. The lowest BCUT2D eigenvalue weighted by molar-refractivity contribution is 0.346. The van der Waals surface area contributed by atoms with Crippen molar-refractivity contribution in [3.8, 4) is 29.6 Å². The average molecular weight is 249 g/mol. The second-order valence-corrected chi connectivity index (χ2v) is 3.61. The number of ether oxygens (including phenoxy) is 3. The second kappa shape index (κ2) is 6.77. The maximum absolute atomic E-state index is 5.54. The van der Waals surface area contributed by atoms with Crippen LogP contribution in [-0.4, -0.2) is 27.9 Å². The van der Waals surface area contributed by atoms with Gasteiger partial charge in [-0.05, 0) is 12.6 Å². The molecule has 0 amide bonds. The largest absolute Gasteiger partial charge is 0.496 e. The summed E-state index contributed by atoms with van der Waals surface area (Å²) in [6.07, 6.45) is 5.54. The highest BCUT2D eigenvalue weighted by Crippen LogP contribution is 2.37. The molecule has 1 N–H and O–H groups in total. The van der Waals surface area contributed by atoms with Gasteiger partial charge in [-0.15, -0.1) is 6.42 Å². The molecule has 0 aliphatic carbocycles. The van der Waals surface area contributed by atoms with E-state index in [1.54, 1.807) is 27.4 Å². The molecule has 0 aliphatic heterocycles. The van der Waals surface area contributed by atoms with E-state index in [2.05, 4.69) is 11.2 Å². The lowest BCUT2D eigenvalue weighted by Crippen LogP contribution is -2.20. The molecule has 4 heteroatoms. The lowest BCUT2D eigenvalue weighted by atomic mass is 10.1. The van der Waals surface area contributed by atoms with Crippen LogP contribution in [0.2, 0.25) is 0 Å². The van der Waals surface area contributed by atoms with Crippen LogP contribution >= 0.6 is 0 Å². The van der Waals surface area contributed by atoms with Crippen LogP contribution in [0, 0.1) is 12.3 Å². The molecule has 0 aromatic heterocycles. The molecule has 0 heterocycles. The molecule has 0 fully saturated rings. The molecule has 0 bridgehead atoms. The lowest BCUT2D eigenvalue weighted by Gasteiger charge is -2.18. The summed E-state index contributed by atoms with van der Waals surface area (Å²) in [4.78, 5) is 0. The first-order chi connectivity index (χ1) is 8.71. The van der Waals surface area contributed by atoms with Crippen molar-refractivity contribution >= 4 is 0 Å². The zero-order valence-electron chi connectivity index (χ0n) is 11.2. The minimum atomic E-state index is -0.218. The quantitative estimate of drug-likeness (QED) is 0.783. The van der Waals surface area contributed by atoms with Gasteiger partial charge < -0.3 is 19.5 Å². The van der Waals surface area contributed by atoms with Crippen LogP contribution in [0.15, 0.2) is 12.1 Å². The van der Waals surface area contributed by atoms with Crippen LogP contribution in [-0.2, 0) is 0 Å². The van der Waals surface area contributed by atoms with Gasteiger partial charge in [0, 0.05) is 11.6 Å². The Hall–Kier alpha value is -1.86. The maximum Gasteiger partial charge on any atom is 0.164 e. The standard InChI is InChI=1S/C14H19NO3/c1-6-11(15-7-2)10-8-13(17-4)14(18-5)9-12(10)16-3/h1,8-9,11,15H,7H2,2-5H3. The summed E-state index contributed by atoms with van der Waals surface area (Å²) < 4.78 is 15.8. The predicted octanol–water partition coefficient (Wildman–Crippen LogP) is 2.00. The molecule has 98 valence electrons. The van der Waals surface area contributed by atoms with Crippen molar-refractivity contribution in [2.45, 2.75) is 13.0 Å². The van der Waals surface area contributed by atoms with E-state index < -0.39 is 0 Å². The molecular weight excluding hydrogens is 230 g/mol. The molecule has 1 unspecified atom stereocenters. The molecule has 0 radical (unpaired) electrons. The molecule has 0 saturated carbocycles. The molecule has 1 aromatic carbocycles. The molecule has 1 atom stereocenters. The number of hydrogen-bond donors (Lipinski definition) is 1. The van der Waals surface area contributed by atoms with E-state index in [0.717, 1.165) is 12.1 Å². The van der Waals surface area contributed by atoms with Crippen molar-refractivity contribution in [1.29, 1.82) is 0 Å². The summed E-state index contributed by atoms with van der Waals surface area (Å²) in [5, 5.41) is 3.20. The minimum Gasteiger partial charge on any atom is -0.496 e. The first-order valence-corrected chi connectivity index (χ1v) is 5.71. The maximum atomic E-state index is 5.54. The Balaban J connectivity index is 3.28. The van der Waals surface area contributed by atoms with Crippen LogP contribution in [0.1, 0.15) is 18.5 Å². The monoisotopic (exact) mass is 249 g/mol. The highest BCUT2D eigenvalue weighted by molar-refractivity contribution is 5.53. The zero-order valence-corrected chi connectivity index (χ0v) is 11.2. The predicted molar refractivity (Wildman–Crippen MR) is 71.3 cm³/mol. The topological polar surface area (TPSA) is 39.7 Å². The summed E-state index contributed by atoms with van der Waals surface area (Å²) in [7, 11) is 4.77. The summed E-state index contributed by atoms with van der Waals surface area (Å²) >= 11 is 0. The van der Waals surface area contributed by atoms with Gasteiger partial charge in [-0.2, -0.15) is 0 Å². The Morgan fingerprint density at radius 2 is 1.67 bits per heavy atom. The molecule has 1 aromatic rings. The summed E-state index contributed by atoms with van der Waals surface area (Å²) in [6.45, 7) is 2.77. The van der Waals surface area contributed by atoms with Gasteiger partial charge in [-0.3, -0.25) is 0 Å². The number of terminal acetylenes is 1. The summed E-state index contributed by atoms with van der Waals surface area (Å²) in [5.41, 5.74) is 0.861.